The van der Waals surface area contributed by atoms with Crippen LogP contribution in [0, 0.1) is 13.8 Å². The fourth-order valence-electron chi connectivity index (χ4n) is 3.76. The molecule has 1 aliphatic carbocycles. The van der Waals surface area contributed by atoms with Crippen LogP contribution in [0.5, 0.6) is 0 Å². The van der Waals surface area contributed by atoms with Gasteiger partial charge in [0, 0.05) is 5.92 Å². The minimum Gasteiger partial charge on any atom is -0.0725 e. The zero-order valence-electron chi connectivity index (χ0n) is 15.0. The minimum atomic E-state index is 0.486. The number of fused-ring (bicyclic) bond motifs is 1. The first-order valence-corrected chi connectivity index (χ1v) is 9.10. The first-order chi connectivity index (χ1) is 12.2. The summed E-state index contributed by atoms with van der Waals surface area (Å²) in [6.07, 6.45) is 4.58. The molecule has 0 amide bonds. The molecule has 0 radical (unpaired) electrons. The molecule has 0 saturated heterocycles. The van der Waals surface area contributed by atoms with Crippen molar-refractivity contribution >= 4 is 5.57 Å². The van der Waals surface area contributed by atoms with Crippen LogP contribution in [0.4, 0.5) is 0 Å². The molecule has 0 aliphatic heterocycles. The third-order valence-electron chi connectivity index (χ3n) is 5.20. The van der Waals surface area contributed by atoms with Gasteiger partial charge in [-0.25, -0.2) is 0 Å². The Morgan fingerprint density at radius 1 is 0.680 bits per heavy atom. The van der Waals surface area contributed by atoms with Crippen molar-refractivity contribution in [3.63, 3.8) is 0 Å². The van der Waals surface area contributed by atoms with Gasteiger partial charge in [0.1, 0.15) is 0 Å². The van der Waals surface area contributed by atoms with Crippen LogP contribution >= 0.6 is 0 Å². The number of hydrogen-bond acceptors (Lipinski definition) is 0. The molecule has 4 rings (SSSR count). The number of benzene rings is 3. The van der Waals surface area contributed by atoms with Crippen LogP contribution in [0.2, 0.25) is 0 Å². The summed E-state index contributed by atoms with van der Waals surface area (Å²) in [6.45, 7) is 4.29. The van der Waals surface area contributed by atoms with E-state index in [4.69, 9.17) is 0 Å². The summed E-state index contributed by atoms with van der Waals surface area (Å²) in [4.78, 5) is 0. The van der Waals surface area contributed by atoms with Crippen molar-refractivity contribution in [3.05, 3.63) is 112 Å². The second-order valence-electron chi connectivity index (χ2n) is 7.24. The van der Waals surface area contributed by atoms with Gasteiger partial charge in [-0.1, -0.05) is 90.0 Å². The molecule has 3 aromatic carbocycles. The van der Waals surface area contributed by atoms with E-state index in [0.717, 1.165) is 12.8 Å². The number of hydrogen-bond donors (Lipinski definition) is 0. The maximum absolute atomic E-state index is 2.49. The topological polar surface area (TPSA) is 0 Å². The summed E-state index contributed by atoms with van der Waals surface area (Å²) < 4.78 is 0. The largest absolute Gasteiger partial charge is 0.0725 e. The van der Waals surface area contributed by atoms with Gasteiger partial charge in [0.2, 0.25) is 0 Å². The summed E-state index contributed by atoms with van der Waals surface area (Å²) in [5, 5.41) is 0. The fraction of sp³-hybridized carbons (Fsp3) is 0.200. The molecule has 1 unspecified atom stereocenters. The van der Waals surface area contributed by atoms with Gasteiger partial charge in [-0.05, 0) is 54.5 Å². The van der Waals surface area contributed by atoms with E-state index >= 15 is 0 Å². The molecule has 0 nitrogen and oxygen atoms in total. The Morgan fingerprint density at radius 3 is 1.96 bits per heavy atom. The lowest BCUT2D eigenvalue weighted by Crippen LogP contribution is -1.98. The van der Waals surface area contributed by atoms with Crippen molar-refractivity contribution in [1.82, 2.24) is 0 Å². The van der Waals surface area contributed by atoms with Crippen molar-refractivity contribution in [1.29, 1.82) is 0 Å². The van der Waals surface area contributed by atoms with E-state index in [9.17, 15) is 0 Å². The Kier molecular flexibility index (Phi) is 4.28. The SMILES string of the molecule is Cc1ccc(CC2=CC(Cc3ccc(C)cc3)c3ccccc32)cc1. The Hall–Kier alpha value is -2.60. The van der Waals surface area contributed by atoms with Crippen LogP contribution in [0.15, 0.2) is 78.9 Å². The molecule has 124 valence electrons. The normalized spacial score (nSPS) is 15.8. The Bertz CT molecular complexity index is 896. The maximum atomic E-state index is 2.49. The zero-order valence-corrected chi connectivity index (χ0v) is 15.0. The molecule has 0 bridgehead atoms. The second-order valence-corrected chi connectivity index (χ2v) is 7.24. The van der Waals surface area contributed by atoms with Crippen molar-refractivity contribution in [2.75, 3.05) is 0 Å². The van der Waals surface area contributed by atoms with Gasteiger partial charge in [-0.2, -0.15) is 0 Å². The van der Waals surface area contributed by atoms with Crippen molar-refractivity contribution < 1.29 is 0 Å². The predicted octanol–water partition coefficient (Wildman–Crippen LogP) is 6.27. The molecule has 0 heteroatoms. The predicted molar refractivity (Wildman–Crippen MR) is 107 cm³/mol. The van der Waals surface area contributed by atoms with E-state index in [2.05, 4.69) is 92.7 Å². The zero-order chi connectivity index (χ0) is 17.2. The standard InChI is InChI=1S/C25H24/c1-18-7-11-20(12-8-18)15-22-17-23(25-6-4-3-5-24(22)25)16-21-13-9-19(2)10-14-21/h3-14,17,22H,15-16H2,1-2H3. The van der Waals surface area contributed by atoms with Gasteiger partial charge < -0.3 is 0 Å². The summed E-state index contributed by atoms with van der Waals surface area (Å²) in [5.41, 5.74) is 9.83. The maximum Gasteiger partial charge on any atom is 0.00705 e. The monoisotopic (exact) mass is 324 g/mol. The fourth-order valence-corrected chi connectivity index (χ4v) is 3.76. The summed E-state index contributed by atoms with van der Waals surface area (Å²) in [6, 6.07) is 26.8. The summed E-state index contributed by atoms with van der Waals surface area (Å²) >= 11 is 0. The Labute approximate surface area is 150 Å². The highest BCUT2D eigenvalue weighted by atomic mass is 14.3. The molecular weight excluding hydrogens is 300 g/mol. The molecule has 0 aromatic heterocycles. The highest BCUT2D eigenvalue weighted by molar-refractivity contribution is 5.76. The average molecular weight is 324 g/mol. The lowest BCUT2D eigenvalue weighted by atomic mass is 9.93. The quantitative estimate of drug-likeness (QED) is 0.530. The summed E-state index contributed by atoms with van der Waals surface area (Å²) in [7, 11) is 0. The third kappa shape index (κ3) is 3.44. The lowest BCUT2D eigenvalue weighted by Gasteiger charge is -2.11. The average Bonchev–Trinajstić information content (AvgIpc) is 2.97. The molecule has 0 saturated carbocycles. The highest BCUT2D eigenvalue weighted by Gasteiger charge is 2.23. The molecule has 0 spiro atoms. The van der Waals surface area contributed by atoms with Crippen LogP contribution in [-0.2, 0) is 12.8 Å². The van der Waals surface area contributed by atoms with Crippen LogP contribution in [0.25, 0.3) is 5.57 Å². The van der Waals surface area contributed by atoms with Crippen LogP contribution in [0.1, 0.15) is 39.3 Å². The molecule has 0 heterocycles. The van der Waals surface area contributed by atoms with Gasteiger partial charge in [-0.3, -0.25) is 0 Å². The van der Waals surface area contributed by atoms with Gasteiger partial charge in [0.25, 0.3) is 0 Å². The van der Waals surface area contributed by atoms with Gasteiger partial charge >= 0.3 is 0 Å². The van der Waals surface area contributed by atoms with E-state index in [0.29, 0.717) is 5.92 Å². The Morgan fingerprint density at radius 2 is 1.28 bits per heavy atom. The van der Waals surface area contributed by atoms with Crippen molar-refractivity contribution in [3.8, 4) is 0 Å². The minimum absolute atomic E-state index is 0.486. The molecule has 3 aromatic rings. The molecule has 1 atom stereocenters. The number of allylic oxidation sites excluding steroid dienone is 2. The number of rotatable bonds is 4. The van der Waals surface area contributed by atoms with Crippen LogP contribution in [-0.4, -0.2) is 0 Å². The highest BCUT2D eigenvalue weighted by Crippen LogP contribution is 2.39. The molecule has 1 aliphatic rings. The first-order valence-electron chi connectivity index (χ1n) is 9.10. The third-order valence-corrected chi connectivity index (χ3v) is 5.20. The smallest absolute Gasteiger partial charge is 0.00705 e. The molecule has 0 fully saturated rings. The van der Waals surface area contributed by atoms with E-state index < -0.39 is 0 Å². The van der Waals surface area contributed by atoms with E-state index in [1.807, 2.05) is 0 Å². The first kappa shape index (κ1) is 15.9. The van der Waals surface area contributed by atoms with Gasteiger partial charge in [0.05, 0.1) is 0 Å². The lowest BCUT2D eigenvalue weighted by molar-refractivity contribution is 0.849. The van der Waals surface area contributed by atoms with E-state index in [1.165, 1.54) is 39.0 Å². The Balaban J connectivity index is 1.62. The van der Waals surface area contributed by atoms with Crippen LogP contribution in [0.3, 0.4) is 0 Å². The molecule has 0 N–H and O–H groups in total. The van der Waals surface area contributed by atoms with Crippen molar-refractivity contribution in [2.24, 2.45) is 0 Å². The molecular formula is C25H24. The molecule has 25 heavy (non-hydrogen) atoms. The number of aryl methyl sites for hydroxylation is 2. The summed E-state index contributed by atoms with van der Waals surface area (Å²) in [5.74, 6) is 0.486. The van der Waals surface area contributed by atoms with E-state index in [-0.39, 0.29) is 0 Å². The van der Waals surface area contributed by atoms with E-state index in [1.54, 1.807) is 0 Å². The van der Waals surface area contributed by atoms with Gasteiger partial charge in [-0.15, -0.1) is 0 Å². The van der Waals surface area contributed by atoms with Gasteiger partial charge in [0.15, 0.2) is 0 Å². The van der Waals surface area contributed by atoms with Crippen molar-refractivity contribution in [2.45, 2.75) is 32.6 Å². The van der Waals surface area contributed by atoms with Crippen LogP contribution < -0.4 is 0 Å². The second kappa shape index (κ2) is 6.72.